The maximum absolute atomic E-state index is 12.6. The molecular weight excluding hydrogens is 360 g/mol. The van der Waals surface area contributed by atoms with Crippen LogP contribution in [-0.2, 0) is 6.42 Å². The first-order valence-electron chi connectivity index (χ1n) is 10.3. The molecule has 3 aromatic rings. The summed E-state index contributed by atoms with van der Waals surface area (Å²) in [7, 11) is 0. The first-order chi connectivity index (χ1) is 14.3. The van der Waals surface area contributed by atoms with Crippen LogP contribution in [0.25, 0.3) is 0 Å². The average Bonchev–Trinajstić information content (AvgIpc) is 3.45. The molecule has 1 aromatic heterocycles. The molecule has 2 aliphatic rings. The lowest BCUT2D eigenvalue weighted by atomic mass is 10.2. The van der Waals surface area contributed by atoms with Crippen LogP contribution < -0.4 is 15.1 Å². The highest BCUT2D eigenvalue weighted by molar-refractivity contribution is 6.03. The van der Waals surface area contributed by atoms with Gasteiger partial charge in [-0.15, -0.1) is 0 Å². The minimum absolute atomic E-state index is 0.188. The summed E-state index contributed by atoms with van der Waals surface area (Å²) in [6.45, 7) is 3.17. The zero-order valence-electron chi connectivity index (χ0n) is 16.3. The molecule has 0 radical (unpaired) electrons. The van der Waals surface area contributed by atoms with Crippen molar-refractivity contribution in [3.63, 3.8) is 0 Å². The Morgan fingerprint density at radius 1 is 0.862 bits per heavy atom. The van der Waals surface area contributed by atoms with E-state index in [1.165, 1.54) is 29.8 Å². The number of nitrogens with one attached hydrogen (secondary N) is 1. The monoisotopic (exact) mass is 384 g/mol. The van der Waals surface area contributed by atoms with E-state index in [2.05, 4.69) is 56.5 Å². The molecule has 5 heteroatoms. The van der Waals surface area contributed by atoms with Crippen LogP contribution in [0.3, 0.4) is 0 Å². The minimum Gasteiger partial charge on any atom is -0.372 e. The van der Waals surface area contributed by atoms with Crippen LogP contribution in [-0.4, -0.2) is 30.5 Å². The number of carbonyl (C=O) groups excluding carboxylic acids is 1. The van der Waals surface area contributed by atoms with E-state index in [4.69, 9.17) is 0 Å². The topological polar surface area (TPSA) is 48.5 Å². The molecule has 29 heavy (non-hydrogen) atoms. The second kappa shape index (κ2) is 7.59. The van der Waals surface area contributed by atoms with Crippen molar-refractivity contribution in [2.24, 2.45) is 0 Å². The Balaban J connectivity index is 1.26. The van der Waals surface area contributed by atoms with Gasteiger partial charge in [-0.3, -0.25) is 4.79 Å². The SMILES string of the molecule is O=C(Nc1ccc(N2CCCC2)cc1)c1ccc(N2CCc3ccccc32)cn1. The number of hydrogen-bond donors (Lipinski definition) is 1. The number of nitrogens with zero attached hydrogens (tertiary/aromatic N) is 3. The number of rotatable bonds is 4. The van der Waals surface area contributed by atoms with Crippen LogP contribution >= 0.6 is 0 Å². The molecule has 0 saturated carbocycles. The highest BCUT2D eigenvalue weighted by Crippen LogP contribution is 2.33. The molecule has 146 valence electrons. The first-order valence-corrected chi connectivity index (χ1v) is 10.3. The molecule has 1 fully saturated rings. The van der Waals surface area contributed by atoms with E-state index in [-0.39, 0.29) is 5.91 Å². The molecule has 0 bridgehead atoms. The Morgan fingerprint density at radius 3 is 2.38 bits per heavy atom. The van der Waals surface area contributed by atoms with E-state index in [1.54, 1.807) is 12.3 Å². The van der Waals surface area contributed by atoms with Crippen LogP contribution in [0.4, 0.5) is 22.7 Å². The summed E-state index contributed by atoms with van der Waals surface area (Å²) in [6.07, 6.45) is 5.33. The van der Waals surface area contributed by atoms with Crippen LogP contribution in [0.5, 0.6) is 0 Å². The smallest absolute Gasteiger partial charge is 0.274 e. The van der Waals surface area contributed by atoms with Gasteiger partial charge in [-0.2, -0.15) is 0 Å². The predicted molar refractivity (Wildman–Crippen MR) is 117 cm³/mol. The summed E-state index contributed by atoms with van der Waals surface area (Å²) in [4.78, 5) is 21.6. The van der Waals surface area contributed by atoms with Crippen molar-refractivity contribution in [1.29, 1.82) is 0 Å². The Labute approximate surface area is 171 Å². The quantitative estimate of drug-likeness (QED) is 0.713. The largest absolute Gasteiger partial charge is 0.372 e. The van der Waals surface area contributed by atoms with E-state index >= 15 is 0 Å². The molecule has 5 rings (SSSR count). The normalized spacial score (nSPS) is 15.4. The van der Waals surface area contributed by atoms with Crippen molar-refractivity contribution in [3.05, 3.63) is 78.1 Å². The Morgan fingerprint density at radius 2 is 1.62 bits per heavy atom. The standard InChI is InChI=1S/C24H24N4O/c29-24(26-19-7-9-20(10-8-19)27-14-3-4-15-27)22-12-11-21(17-25-22)28-16-13-18-5-1-2-6-23(18)28/h1-2,5-12,17H,3-4,13-16H2,(H,26,29). The summed E-state index contributed by atoms with van der Waals surface area (Å²) < 4.78 is 0. The lowest BCUT2D eigenvalue weighted by Gasteiger charge is -2.19. The first kappa shape index (κ1) is 17.7. The summed E-state index contributed by atoms with van der Waals surface area (Å²) in [6, 6.07) is 20.3. The van der Waals surface area contributed by atoms with Crippen molar-refractivity contribution >= 4 is 28.7 Å². The second-order valence-electron chi connectivity index (χ2n) is 7.63. The van der Waals surface area contributed by atoms with Crippen LogP contribution in [0, 0.1) is 0 Å². The van der Waals surface area contributed by atoms with Gasteiger partial charge >= 0.3 is 0 Å². The number of benzene rings is 2. The van der Waals surface area contributed by atoms with Crippen LogP contribution in [0.2, 0.25) is 0 Å². The van der Waals surface area contributed by atoms with Gasteiger partial charge in [0.15, 0.2) is 0 Å². The van der Waals surface area contributed by atoms with Crippen molar-refractivity contribution in [2.75, 3.05) is 34.8 Å². The molecular formula is C24H24N4O. The van der Waals surface area contributed by atoms with Crippen molar-refractivity contribution in [1.82, 2.24) is 4.98 Å². The number of para-hydroxylation sites is 1. The van der Waals surface area contributed by atoms with Gasteiger partial charge in [0.25, 0.3) is 5.91 Å². The lowest BCUT2D eigenvalue weighted by Crippen LogP contribution is -2.18. The fourth-order valence-corrected chi connectivity index (χ4v) is 4.21. The molecule has 2 aliphatic heterocycles. The molecule has 3 heterocycles. The number of aromatic nitrogens is 1. The lowest BCUT2D eigenvalue weighted by molar-refractivity contribution is 0.102. The molecule has 1 saturated heterocycles. The van der Waals surface area contributed by atoms with Gasteiger partial charge in [-0.25, -0.2) is 4.98 Å². The van der Waals surface area contributed by atoms with Gasteiger partial charge < -0.3 is 15.1 Å². The van der Waals surface area contributed by atoms with Crippen LogP contribution in [0.1, 0.15) is 28.9 Å². The molecule has 0 unspecified atom stereocenters. The summed E-state index contributed by atoms with van der Waals surface area (Å²) in [5.74, 6) is -0.188. The third-order valence-corrected chi connectivity index (χ3v) is 5.78. The van der Waals surface area contributed by atoms with E-state index in [0.29, 0.717) is 5.69 Å². The maximum Gasteiger partial charge on any atom is 0.274 e. The Hall–Kier alpha value is -3.34. The van der Waals surface area contributed by atoms with Gasteiger partial charge in [0, 0.05) is 36.7 Å². The third kappa shape index (κ3) is 3.56. The van der Waals surface area contributed by atoms with Gasteiger partial charge in [0.1, 0.15) is 5.69 Å². The number of carbonyl (C=O) groups is 1. The van der Waals surface area contributed by atoms with Gasteiger partial charge in [-0.05, 0) is 67.3 Å². The fraction of sp³-hybridized carbons (Fsp3) is 0.250. The molecule has 2 aromatic carbocycles. The minimum atomic E-state index is -0.188. The highest BCUT2D eigenvalue weighted by Gasteiger charge is 2.20. The van der Waals surface area contributed by atoms with Crippen molar-refractivity contribution in [3.8, 4) is 0 Å². The average molecular weight is 384 g/mol. The Bertz CT molecular complexity index is 1010. The van der Waals surface area contributed by atoms with Crippen molar-refractivity contribution < 1.29 is 4.79 Å². The summed E-state index contributed by atoms with van der Waals surface area (Å²) in [5.41, 5.74) is 6.02. The predicted octanol–water partition coefficient (Wildman–Crippen LogP) is 4.63. The molecule has 5 nitrogen and oxygen atoms in total. The summed E-state index contributed by atoms with van der Waals surface area (Å²) in [5, 5.41) is 2.95. The van der Waals surface area contributed by atoms with Crippen LogP contribution in [0.15, 0.2) is 66.9 Å². The Kier molecular flexibility index (Phi) is 4.64. The maximum atomic E-state index is 12.6. The zero-order valence-corrected chi connectivity index (χ0v) is 16.3. The van der Waals surface area contributed by atoms with Gasteiger partial charge in [0.05, 0.1) is 11.9 Å². The number of hydrogen-bond acceptors (Lipinski definition) is 4. The zero-order chi connectivity index (χ0) is 19.6. The molecule has 1 amide bonds. The number of amides is 1. The molecule has 0 atom stereocenters. The number of fused-ring (bicyclic) bond motifs is 1. The number of pyridine rings is 1. The van der Waals surface area contributed by atoms with Gasteiger partial charge in [0.2, 0.25) is 0 Å². The van der Waals surface area contributed by atoms with Gasteiger partial charge in [-0.1, -0.05) is 18.2 Å². The third-order valence-electron chi connectivity index (χ3n) is 5.78. The molecule has 0 aliphatic carbocycles. The highest BCUT2D eigenvalue weighted by atomic mass is 16.1. The number of anilines is 4. The fourth-order valence-electron chi connectivity index (χ4n) is 4.21. The summed E-state index contributed by atoms with van der Waals surface area (Å²) >= 11 is 0. The van der Waals surface area contributed by atoms with E-state index in [9.17, 15) is 4.79 Å². The van der Waals surface area contributed by atoms with E-state index in [1.807, 2.05) is 18.2 Å². The van der Waals surface area contributed by atoms with E-state index in [0.717, 1.165) is 37.4 Å². The van der Waals surface area contributed by atoms with Crippen molar-refractivity contribution in [2.45, 2.75) is 19.3 Å². The second-order valence-corrected chi connectivity index (χ2v) is 7.63. The van der Waals surface area contributed by atoms with E-state index < -0.39 is 0 Å². The molecule has 0 spiro atoms. The molecule has 1 N–H and O–H groups in total.